The minimum atomic E-state index is -0.163. The Morgan fingerprint density at radius 1 is 0.667 bits per heavy atom. The van der Waals surface area contributed by atoms with E-state index in [0.717, 1.165) is 40.2 Å². The zero-order valence-electron chi connectivity index (χ0n) is 19.7. The maximum atomic E-state index is 6.49. The van der Waals surface area contributed by atoms with Crippen LogP contribution in [0.5, 0.6) is 0 Å². The summed E-state index contributed by atoms with van der Waals surface area (Å²) < 4.78 is 6.49. The standard InChI is InChI=1S/C29H29BN2O/c1-28(2)20-30(33-29(28,3)4)24-17-11-16-23(18-24)26-19-25(21-12-7-5-8-13-21)31-27(32-26)22-14-9-6-10-15-22/h5-19H,20H2,1-4H3. The highest BCUT2D eigenvalue weighted by Gasteiger charge is 2.49. The quantitative estimate of drug-likeness (QED) is 0.345. The molecule has 0 aliphatic carbocycles. The fourth-order valence-electron chi connectivity index (χ4n) is 4.42. The van der Waals surface area contributed by atoms with Gasteiger partial charge in [-0.05, 0) is 42.7 Å². The molecule has 1 aliphatic heterocycles. The van der Waals surface area contributed by atoms with Crippen molar-refractivity contribution in [1.82, 2.24) is 9.97 Å². The van der Waals surface area contributed by atoms with Crippen LogP contribution in [0.1, 0.15) is 27.7 Å². The molecular weight excluding hydrogens is 403 g/mol. The van der Waals surface area contributed by atoms with E-state index in [-0.39, 0.29) is 17.9 Å². The molecule has 0 atom stereocenters. The Kier molecular flexibility index (Phi) is 5.42. The summed E-state index contributed by atoms with van der Waals surface area (Å²) in [6.45, 7) is 9.05. The first-order valence-corrected chi connectivity index (χ1v) is 11.6. The Hall–Kier alpha value is -3.24. The van der Waals surface area contributed by atoms with Gasteiger partial charge in [0.05, 0.1) is 17.0 Å². The maximum Gasteiger partial charge on any atom is 0.327 e. The van der Waals surface area contributed by atoms with Gasteiger partial charge in [0.1, 0.15) is 0 Å². The van der Waals surface area contributed by atoms with Gasteiger partial charge in [0, 0.05) is 11.1 Å². The van der Waals surface area contributed by atoms with Crippen LogP contribution in [0.25, 0.3) is 33.9 Å². The first-order valence-electron chi connectivity index (χ1n) is 11.6. The number of hydrogen-bond donors (Lipinski definition) is 0. The highest BCUT2D eigenvalue weighted by molar-refractivity contribution is 6.68. The average molecular weight is 432 g/mol. The third-order valence-electron chi connectivity index (χ3n) is 7.14. The molecule has 1 saturated heterocycles. The van der Waals surface area contributed by atoms with Crippen LogP contribution in [-0.2, 0) is 4.65 Å². The summed E-state index contributed by atoms with van der Waals surface area (Å²) in [7, 11) is 0. The number of benzene rings is 3. The van der Waals surface area contributed by atoms with Gasteiger partial charge < -0.3 is 4.65 Å². The Morgan fingerprint density at radius 2 is 1.24 bits per heavy atom. The molecule has 1 aromatic heterocycles. The minimum absolute atomic E-state index is 0.0824. The van der Waals surface area contributed by atoms with E-state index in [1.165, 1.54) is 5.46 Å². The van der Waals surface area contributed by atoms with Crippen LogP contribution in [0.3, 0.4) is 0 Å². The smallest absolute Gasteiger partial charge is 0.327 e. The minimum Gasteiger partial charge on any atom is -0.426 e. The van der Waals surface area contributed by atoms with Crippen molar-refractivity contribution in [1.29, 1.82) is 0 Å². The highest BCUT2D eigenvalue weighted by atomic mass is 16.5. The van der Waals surface area contributed by atoms with Crippen LogP contribution < -0.4 is 5.46 Å². The van der Waals surface area contributed by atoms with E-state index in [1.807, 2.05) is 36.4 Å². The molecule has 0 spiro atoms. The number of aromatic nitrogens is 2. The van der Waals surface area contributed by atoms with Crippen LogP contribution in [0.4, 0.5) is 0 Å². The first-order chi connectivity index (χ1) is 15.8. The summed E-state index contributed by atoms with van der Waals surface area (Å²) in [4.78, 5) is 9.87. The second-order valence-electron chi connectivity index (χ2n) is 10.0. The zero-order valence-corrected chi connectivity index (χ0v) is 19.7. The van der Waals surface area contributed by atoms with Crippen molar-refractivity contribution in [3.8, 4) is 33.9 Å². The average Bonchev–Trinajstić information content (AvgIpc) is 3.07. The van der Waals surface area contributed by atoms with Gasteiger partial charge in [-0.2, -0.15) is 0 Å². The van der Waals surface area contributed by atoms with Gasteiger partial charge in [-0.3, -0.25) is 0 Å². The zero-order chi connectivity index (χ0) is 23.1. The van der Waals surface area contributed by atoms with Crippen molar-refractivity contribution in [3.05, 3.63) is 91.0 Å². The van der Waals surface area contributed by atoms with E-state index >= 15 is 0 Å². The molecule has 3 nitrogen and oxygen atoms in total. The van der Waals surface area contributed by atoms with Crippen molar-refractivity contribution < 1.29 is 4.65 Å². The molecular formula is C29H29BN2O. The second-order valence-corrected chi connectivity index (χ2v) is 10.0. The Bertz CT molecular complexity index is 1200. The number of nitrogens with zero attached hydrogens (tertiary/aromatic N) is 2. The molecule has 0 bridgehead atoms. The van der Waals surface area contributed by atoms with Crippen LogP contribution in [0.2, 0.25) is 6.32 Å². The summed E-state index contributed by atoms with van der Waals surface area (Å²) in [5.74, 6) is 0.733. The van der Waals surface area contributed by atoms with E-state index in [9.17, 15) is 0 Å². The predicted octanol–water partition coefficient (Wildman–Crippen LogP) is 6.51. The van der Waals surface area contributed by atoms with Crippen molar-refractivity contribution >= 4 is 12.4 Å². The topological polar surface area (TPSA) is 35.0 Å². The summed E-state index contributed by atoms with van der Waals surface area (Å²) in [5, 5.41) is 0. The van der Waals surface area contributed by atoms with Crippen LogP contribution in [0.15, 0.2) is 91.0 Å². The lowest BCUT2D eigenvalue weighted by molar-refractivity contribution is 0.0375. The van der Waals surface area contributed by atoms with E-state index < -0.39 is 0 Å². The molecule has 1 fully saturated rings. The maximum absolute atomic E-state index is 6.49. The molecule has 0 radical (unpaired) electrons. The van der Waals surface area contributed by atoms with Crippen LogP contribution in [0, 0.1) is 5.41 Å². The molecule has 1 aliphatic rings. The van der Waals surface area contributed by atoms with Gasteiger partial charge >= 0.3 is 6.92 Å². The van der Waals surface area contributed by atoms with Crippen LogP contribution >= 0.6 is 0 Å². The molecule has 5 rings (SSSR count). The van der Waals surface area contributed by atoms with Crippen molar-refractivity contribution in [2.24, 2.45) is 5.41 Å². The molecule has 164 valence electrons. The van der Waals surface area contributed by atoms with Gasteiger partial charge in [-0.25, -0.2) is 9.97 Å². The lowest BCUT2D eigenvalue weighted by Gasteiger charge is -2.34. The van der Waals surface area contributed by atoms with E-state index in [2.05, 4.69) is 82.3 Å². The fraction of sp³-hybridized carbons (Fsp3) is 0.241. The van der Waals surface area contributed by atoms with Crippen molar-refractivity contribution in [3.63, 3.8) is 0 Å². The lowest BCUT2D eigenvalue weighted by atomic mass is 9.54. The van der Waals surface area contributed by atoms with E-state index in [0.29, 0.717) is 0 Å². The summed E-state index contributed by atoms with van der Waals surface area (Å²) in [5.41, 5.74) is 6.16. The third kappa shape index (κ3) is 4.23. The van der Waals surface area contributed by atoms with Gasteiger partial charge in [0.2, 0.25) is 0 Å². The van der Waals surface area contributed by atoms with E-state index in [1.54, 1.807) is 0 Å². The largest absolute Gasteiger partial charge is 0.426 e. The predicted molar refractivity (Wildman–Crippen MR) is 137 cm³/mol. The third-order valence-corrected chi connectivity index (χ3v) is 7.14. The monoisotopic (exact) mass is 432 g/mol. The molecule has 0 N–H and O–H groups in total. The van der Waals surface area contributed by atoms with Crippen LogP contribution in [-0.4, -0.2) is 22.5 Å². The number of hydrogen-bond acceptors (Lipinski definition) is 3. The summed E-state index contributed by atoms with van der Waals surface area (Å²) in [6, 6.07) is 31.2. The molecule has 0 unspecified atom stereocenters. The van der Waals surface area contributed by atoms with Crippen molar-refractivity contribution in [2.45, 2.75) is 39.6 Å². The molecule has 3 aromatic carbocycles. The van der Waals surface area contributed by atoms with Crippen molar-refractivity contribution in [2.75, 3.05) is 0 Å². The molecule has 0 amide bonds. The summed E-state index contributed by atoms with van der Waals surface area (Å²) >= 11 is 0. The summed E-state index contributed by atoms with van der Waals surface area (Å²) in [6.07, 6.45) is 0.998. The Balaban J connectivity index is 1.59. The van der Waals surface area contributed by atoms with Gasteiger partial charge in [-0.15, -0.1) is 0 Å². The molecule has 2 heterocycles. The van der Waals surface area contributed by atoms with Gasteiger partial charge in [-0.1, -0.05) is 98.8 Å². The Labute approximate surface area is 197 Å². The molecule has 4 aromatic rings. The molecule has 0 saturated carbocycles. The Morgan fingerprint density at radius 3 is 1.85 bits per heavy atom. The van der Waals surface area contributed by atoms with Gasteiger partial charge in [0.15, 0.2) is 5.82 Å². The molecule has 4 heteroatoms. The molecule has 33 heavy (non-hydrogen) atoms. The van der Waals surface area contributed by atoms with Gasteiger partial charge in [0.25, 0.3) is 0 Å². The normalized spacial score (nSPS) is 16.7. The SMILES string of the molecule is CC1(C)CB(c2cccc(-c3cc(-c4ccccc4)nc(-c4ccccc4)n3)c2)OC1(C)C. The fourth-order valence-corrected chi connectivity index (χ4v) is 4.42. The first kappa shape index (κ1) is 21.6. The lowest BCUT2D eigenvalue weighted by Crippen LogP contribution is -2.36. The second kappa shape index (κ2) is 8.28. The number of rotatable bonds is 4. The van der Waals surface area contributed by atoms with E-state index in [4.69, 9.17) is 14.6 Å². The highest BCUT2D eigenvalue weighted by Crippen LogP contribution is 2.45.